The third kappa shape index (κ3) is 4.34. The van der Waals surface area contributed by atoms with Gasteiger partial charge in [0.25, 0.3) is 0 Å². The van der Waals surface area contributed by atoms with Crippen molar-refractivity contribution in [1.29, 1.82) is 0 Å². The summed E-state index contributed by atoms with van der Waals surface area (Å²) < 4.78 is 0. The van der Waals surface area contributed by atoms with Gasteiger partial charge in [-0.25, -0.2) is 5.84 Å². The summed E-state index contributed by atoms with van der Waals surface area (Å²) in [5.41, 5.74) is 9.01. The van der Waals surface area contributed by atoms with E-state index in [1.54, 1.807) is 5.01 Å². The van der Waals surface area contributed by atoms with Gasteiger partial charge < -0.3 is 10.8 Å². The first-order valence-corrected chi connectivity index (χ1v) is 8.93. The summed E-state index contributed by atoms with van der Waals surface area (Å²) in [4.78, 5) is 0. The Bertz CT molecular complexity index is 779. The molecule has 0 radical (unpaired) electrons. The smallest absolute Gasteiger partial charge is 0.109 e. The molecule has 4 heteroatoms. The van der Waals surface area contributed by atoms with E-state index >= 15 is 0 Å². The molecule has 0 saturated heterocycles. The van der Waals surface area contributed by atoms with Crippen molar-refractivity contribution in [3.8, 4) is 0 Å². The van der Waals surface area contributed by atoms with Gasteiger partial charge in [0.05, 0.1) is 11.4 Å². The van der Waals surface area contributed by atoms with Crippen LogP contribution in [0.5, 0.6) is 0 Å². The van der Waals surface area contributed by atoms with Gasteiger partial charge in [0, 0.05) is 11.8 Å². The van der Waals surface area contributed by atoms with E-state index in [1.165, 1.54) is 6.20 Å². The van der Waals surface area contributed by atoms with Crippen molar-refractivity contribution in [2.24, 2.45) is 11.6 Å². The average molecular weight is 351 g/mol. The molecule has 1 atom stereocenters. The number of nitrogens with two attached hydrogens (primary N) is 2. The highest BCUT2D eigenvalue weighted by atomic mass is 16.3. The predicted molar refractivity (Wildman–Crippen MR) is 110 cm³/mol. The molecule has 1 unspecified atom stereocenters. The van der Waals surface area contributed by atoms with Crippen molar-refractivity contribution >= 4 is 11.4 Å². The molecule has 0 aliphatic heterocycles. The van der Waals surface area contributed by atoms with Gasteiger partial charge in [0.15, 0.2) is 0 Å². The monoisotopic (exact) mass is 351 g/mol. The van der Waals surface area contributed by atoms with Crippen LogP contribution in [0.4, 0.5) is 5.69 Å². The van der Waals surface area contributed by atoms with Crippen molar-refractivity contribution in [3.05, 3.63) is 83.6 Å². The van der Waals surface area contributed by atoms with E-state index in [-0.39, 0.29) is 0 Å². The predicted octanol–water partition coefficient (Wildman–Crippen LogP) is 4.28. The third-order valence-corrected chi connectivity index (χ3v) is 4.28. The lowest BCUT2D eigenvalue weighted by Crippen LogP contribution is -2.32. The van der Waals surface area contributed by atoms with Gasteiger partial charge in [-0.2, -0.15) is 0 Å². The van der Waals surface area contributed by atoms with Gasteiger partial charge >= 0.3 is 0 Å². The van der Waals surface area contributed by atoms with Crippen molar-refractivity contribution in [2.75, 3.05) is 5.01 Å². The average Bonchev–Trinajstić information content (AvgIpc) is 2.63. The maximum absolute atomic E-state index is 11.4. The first-order valence-electron chi connectivity index (χ1n) is 8.93. The minimum Gasteiger partial charge on any atom is -0.403 e. The van der Waals surface area contributed by atoms with Crippen LogP contribution in [0, 0.1) is 0 Å². The zero-order valence-electron chi connectivity index (χ0n) is 15.8. The quantitative estimate of drug-likeness (QED) is 0.395. The van der Waals surface area contributed by atoms with Crippen molar-refractivity contribution in [3.63, 3.8) is 0 Å². The number of rotatable bonds is 7. The summed E-state index contributed by atoms with van der Waals surface area (Å²) >= 11 is 0. The summed E-state index contributed by atoms with van der Waals surface area (Å²) in [6.45, 7) is 6.04. The maximum atomic E-state index is 11.4. The minimum absolute atomic E-state index is 0.614. The number of aliphatic hydroxyl groups is 1. The zero-order chi connectivity index (χ0) is 19.2. The van der Waals surface area contributed by atoms with Crippen LogP contribution in [-0.4, -0.2) is 5.11 Å². The fourth-order valence-corrected chi connectivity index (χ4v) is 3.25. The van der Waals surface area contributed by atoms with Gasteiger partial charge in [-0.1, -0.05) is 61.4 Å². The second-order valence-corrected chi connectivity index (χ2v) is 6.70. The molecular formula is C22H29N3O. The van der Waals surface area contributed by atoms with Gasteiger partial charge in [0.1, 0.15) is 5.60 Å². The van der Waals surface area contributed by atoms with E-state index in [0.29, 0.717) is 12.1 Å². The SMILES string of the molecule is CCCC(O)(C=C(C)C)c1ccccc1/C(=C/N)N(N)c1ccccc1. The summed E-state index contributed by atoms with van der Waals surface area (Å²) in [6, 6.07) is 17.3. The zero-order valence-corrected chi connectivity index (χ0v) is 15.8. The van der Waals surface area contributed by atoms with Crippen LogP contribution in [0.15, 0.2) is 72.4 Å². The fraction of sp³-hybridized carbons (Fsp3) is 0.273. The summed E-state index contributed by atoms with van der Waals surface area (Å²) in [5, 5.41) is 13.0. The molecule has 0 amide bonds. The van der Waals surface area contributed by atoms with Gasteiger partial charge in [-0.05, 0) is 44.0 Å². The number of nitrogens with zero attached hydrogens (tertiary/aromatic N) is 1. The molecule has 0 saturated carbocycles. The Morgan fingerprint density at radius 1 is 1.08 bits per heavy atom. The Morgan fingerprint density at radius 3 is 2.27 bits per heavy atom. The maximum Gasteiger partial charge on any atom is 0.109 e. The molecule has 0 aliphatic carbocycles. The number of hydrogen-bond acceptors (Lipinski definition) is 4. The number of para-hydroxylation sites is 1. The molecule has 2 rings (SSSR count). The second kappa shape index (κ2) is 8.70. The van der Waals surface area contributed by atoms with Crippen LogP contribution in [-0.2, 0) is 5.60 Å². The second-order valence-electron chi connectivity index (χ2n) is 6.70. The van der Waals surface area contributed by atoms with Crippen LogP contribution in [0.3, 0.4) is 0 Å². The molecule has 0 spiro atoms. The molecule has 138 valence electrons. The van der Waals surface area contributed by atoms with Crippen molar-refractivity contribution in [2.45, 2.75) is 39.2 Å². The summed E-state index contributed by atoms with van der Waals surface area (Å²) in [5.74, 6) is 6.36. The number of allylic oxidation sites excluding steroid dienone is 1. The van der Waals surface area contributed by atoms with Crippen LogP contribution >= 0.6 is 0 Å². The van der Waals surface area contributed by atoms with E-state index in [1.807, 2.05) is 74.5 Å². The Kier molecular flexibility index (Phi) is 6.61. The molecule has 0 heterocycles. The van der Waals surface area contributed by atoms with E-state index in [9.17, 15) is 5.11 Å². The molecule has 0 aliphatic rings. The van der Waals surface area contributed by atoms with Gasteiger partial charge in [-0.15, -0.1) is 0 Å². The highest BCUT2D eigenvalue weighted by molar-refractivity contribution is 5.80. The fourth-order valence-electron chi connectivity index (χ4n) is 3.25. The Balaban J connectivity index is 2.58. The normalized spacial score (nSPS) is 13.8. The molecule has 0 aromatic heterocycles. The molecule has 0 bridgehead atoms. The Labute approximate surface area is 156 Å². The van der Waals surface area contributed by atoms with E-state index in [0.717, 1.165) is 28.8 Å². The minimum atomic E-state index is -1.07. The first-order chi connectivity index (χ1) is 12.4. The molecule has 5 N–H and O–H groups in total. The lowest BCUT2D eigenvalue weighted by Gasteiger charge is -2.31. The van der Waals surface area contributed by atoms with Gasteiger partial charge in [0.2, 0.25) is 0 Å². The van der Waals surface area contributed by atoms with E-state index < -0.39 is 5.60 Å². The standard InChI is InChI=1S/C22H29N3O/c1-4-14-22(26,15-17(2)3)20-13-9-8-12-19(20)21(16-23)25(24)18-10-6-5-7-11-18/h5-13,15-16,26H,4,14,23-24H2,1-3H3/b21-16-. The van der Waals surface area contributed by atoms with Crippen LogP contribution in [0.2, 0.25) is 0 Å². The number of benzene rings is 2. The molecular weight excluding hydrogens is 322 g/mol. The van der Waals surface area contributed by atoms with E-state index in [4.69, 9.17) is 11.6 Å². The van der Waals surface area contributed by atoms with Crippen molar-refractivity contribution in [1.82, 2.24) is 0 Å². The number of hydrazine groups is 1. The highest BCUT2D eigenvalue weighted by Crippen LogP contribution is 2.36. The lowest BCUT2D eigenvalue weighted by atomic mass is 9.84. The Morgan fingerprint density at radius 2 is 1.69 bits per heavy atom. The van der Waals surface area contributed by atoms with Crippen LogP contribution < -0.4 is 16.6 Å². The lowest BCUT2D eigenvalue weighted by molar-refractivity contribution is 0.0776. The third-order valence-electron chi connectivity index (χ3n) is 4.28. The molecule has 26 heavy (non-hydrogen) atoms. The van der Waals surface area contributed by atoms with Crippen LogP contribution in [0.1, 0.15) is 44.7 Å². The largest absolute Gasteiger partial charge is 0.403 e. The molecule has 2 aromatic rings. The highest BCUT2D eigenvalue weighted by Gasteiger charge is 2.30. The Hall–Kier alpha value is -2.56. The molecule has 4 nitrogen and oxygen atoms in total. The van der Waals surface area contributed by atoms with E-state index in [2.05, 4.69) is 6.92 Å². The van der Waals surface area contributed by atoms with Crippen LogP contribution in [0.25, 0.3) is 5.70 Å². The number of anilines is 1. The first kappa shape index (κ1) is 19.8. The number of hydrogen-bond donors (Lipinski definition) is 3. The summed E-state index contributed by atoms with van der Waals surface area (Å²) in [6.07, 6.45) is 4.86. The molecule has 0 fully saturated rings. The topological polar surface area (TPSA) is 75.5 Å². The molecule has 2 aromatic carbocycles. The summed E-state index contributed by atoms with van der Waals surface area (Å²) in [7, 11) is 0. The van der Waals surface area contributed by atoms with Gasteiger partial charge in [-0.3, -0.25) is 5.01 Å². The van der Waals surface area contributed by atoms with Crippen molar-refractivity contribution < 1.29 is 5.11 Å².